The van der Waals surface area contributed by atoms with Crippen molar-refractivity contribution in [1.82, 2.24) is 15.3 Å². The largest absolute Gasteiger partial charge is 0.444 e. The molecule has 1 N–H and O–H groups in total. The molecule has 10 heteroatoms. The van der Waals surface area contributed by atoms with Gasteiger partial charge in [-0.2, -0.15) is 13.2 Å². The van der Waals surface area contributed by atoms with Gasteiger partial charge in [0.05, 0.1) is 16.6 Å². The summed E-state index contributed by atoms with van der Waals surface area (Å²) in [4.78, 5) is 20.0. The summed E-state index contributed by atoms with van der Waals surface area (Å²) in [6, 6.07) is 1.95. The van der Waals surface area contributed by atoms with Crippen LogP contribution in [0.2, 0.25) is 0 Å². The Morgan fingerprint density at radius 1 is 1.31 bits per heavy atom. The summed E-state index contributed by atoms with van der Waals surface area (Å²) in [6.45, 7) is 5.26. The van der Waals surface area contributed by atoms with Gasteiger partial charge in [-0.15, -0.1) is 22.9 Å². The number of aryl methyl sites for hydroxylation is 1. The van der Waals surface area contributed by atoms with Gasteiger partial charge < -0.3 is 10.1 Å². The summed E-state index contributed by atoms with van der Waals surface area (Å²) in [5.74, 6) is 0.327. The van der Waals surface area contributed by atoms with Crippen LogP contribution < -0.4 is 5.32 Å². The number of carbonyl (C=O) groups excluding carboxylic acids is 1. The Labute approximate surface area is 176 Å². The number of rotatable bonds is 7. The molecule has 0 aromatic carbocycles. The van der Waals surface area contributed by atoms with Crippen molar-refractivity contribution in [1.29, 1.82) is 0 Å². The molecule has 0 bridgehead atoms. The van der Waals surface area contributed by atoms with E-state index in [-0.39, 0.29) is 6.04 Å². The summed E-state index contributed by atoms with van der Waals surface area (Å²) < 4.78 is 43.4. The van der Waals surface area contributed by atoms with Crippen LogP contribution in [0.3, 0.4) is 0 Å². The number of pyridine rings is 1. The lowest BCUT2D eigenvalue weighted by atomic mass is 10.0. The number of amides is 1. The normalized spacial score (nSPS) is 13.2. The van der Waals surface area contributed by atoms with Gasteiger partial charge in [-0.05, 0) is 45.2 Å². The monoisotopic (exact) mass is 449 g/mol. The Hall–Kier alpha value is -1.87. The third-order valence-corrected chi connectivity index (χ3v) is 4.99. The van der Waals surface area contributed by atoms with Crippen molar-refractivity contribution in [2.45, 2.75) is 63.7 Å². The molecule has 160 valence electrons. The minimum Gasteiger partial charge on any atom is -0.444 e. The predicted molar refractivity (Wildman–Crippen MR) is 106 cm³/mol. The Kier molecular flexibility index (Phi) is 7.87. The van der Waals surface area contributed by atoms with E-state index in [1.54, 1.807) is 20.8 Å². The first kappa shape index (κ1) is 23.4. The lowest BCUT2D eigenvalue weighted by Crippen LogP contribution is -2.40. The number of halogens is 4. The van der Waals surface area contributed by atoms with E-state index < -0.39 is 23.6 Å². The van der Waals surface area contributed by atoms with E-state index in [9.17, 15) is 18.0 Å². The quantitative estimate of drug-likeness (QED) is 0.577. The van der Waals surface area contributed by atoms with Gasteiger partial charge in [0.2, 0.25) is 0 Å². The van der Waals surface area contributed by atoms with Crippen LogP contribution >= 0.6 is 22.9 Å². The standard InChI is InChI=1S/C19H23ClF3N3O2S/c1-18(2,3)28-17(27)26-13(5-7-16-25-14(9-20)11-29-16)8-12-4-6-15(24-10-12)19(21,22)23/h4,6,10-11,13H,5,7-9H2,1-3H3,(H,26,27)/t13-/m1/s1. The molecule has 2 aromatic heterocycles. The molecular formula is C19H23ClF3N3O2S. The average Bonchev–Trinajstić information content (AvgIpc) is 3.06. The van der Waals surface area contributed by atoms with Gasteiger partial charge in [-0.3, -0.25) is 4.98 Å². The van der Waals surface area contributed by atoms with Crippen LogP contribution in [-0.4, -0.2) is 27.7 Å². The van der Waals surface area contributed by atoms with E-state index in [0.29, 0.717) is 30.7 Å². The van der Waals surface area contributed by atoms with E-state index in [1.165, 1.54) is 23.6 Å². The van der Waals surface area contributed by atoms with Crippen molar-refractivity contribution in [3.05, 3.63) is 45.7 Å². The first-order chi connectivity index (χ1) is 13.5. The Morgan fingerprint density at radius 3 is 2.55 bits per heavy atom. The van der Waals surface area contributed by atoms with Crippen molar-refractivity contribution in [3.8, 4) is 0 Å². The molecule has 1 atom stereocenters. The van der Waals surface area contributed by atoms with E-state index in [4.69, 9.17) is 16.3 Å². The maximum atomic E-state index is 12.7. The number of nitrogens with zero attached hydrogens (tertiary/aromatic N) is 2. The molecule has 0 aliphatic rings. The van der Waals surface area contributed by atoms with E-state index in [0.717, 1.165) is 16.8 Å². The molecule has 1 amide bonds. The SMILES string of the molecule is CC(C)(C)OC(=O)N[C@H](CCc1nc(CCl)cs1)Cc1ccc(C(F)(F)F)nc1. The van der Waals surface area contributed by atoms with Crippen molar-refractivity contribution >= 4 is 29.0 Å². The second-order valence-corrected chi connectivity index (χ2v) is 8.71. The average molecular weight is 450 g/mol. The third-order valence-electron chi connectivity index (χ3n) is 3.76. The van der Waals surface area contributed by atoms with E-state index >= 15 is 0 Å². The van der Waals surface area contributed by atoms with Crippen LogP contribution in [0.1, 0.15) is 49.2 Å². The highest BCUT2D eigenvalue weighted by Crippen LogP contribution is 2.27. The van der Waals surface area contributed by atoms with Gasteiger partial charge in [-0.1, -0.05) is 6.07 Å². The van der Waals surface area contributed by atoms with Gasteiger partial charge in [0.15, 0.2) is 0 Å². The van der Waals surface area contributed by atoms with Crippen LogP contribution in [0, 0.1) is 0 Å². The van der Waals surface area contributed by atoms with Crippen molar-refractivity contribution in [2.75, 3.05) is 0 Å². The zero-order chi connectivity index (χ0) is 21.7. The zero-order valence-corrected chi connectivity index (χ0v) is 17.9. The summed E-state index contributed by atoms with van der Waals surface area (Å²) in [5.41, 5.74) is -0.237. The fourth-order valence-electron chi connectivity index (χ4n) is 2.52. The number of hydrogen-bond donors (Lipinski definition) is 1. The number of aromatic nitrogens is 2. The fraction of sp³-hybridized carbons (Fsp3) is 0.526. The summed E-state index contributed by atoms with van der Waals surface area (Å²) in [6.07, 6.45) is -2.44. The summed E-state index contributed by atoms with van der Waals surface area (Å²) in [5, 5.41) is 5.55. The number of ether oxygens (including phenoxy) is 1. The third kappa shape index (κ3) is 8.18. The number of carbonyl (C=O) groups is 1. The molecule has 2 heterocycles. The molecule has 2 aromatic rings. The lowest BCUT2D eigenvalue weighted by Gasteiger charge is -2.23. The number of alkyl halides is 4. The highest BCUT2D eigenvalue weighted by Gasteiger charge is 2.32. The first-order valence-electron chi connectivity index (χ1n) is 8.97. The molecule has 0 aliphatic carbocycles. The molecule has 2 rings (SSSR count). The Bertz CT molecular complexity index is 804. The molecule has 0 saturated carbocycles. The molecule has 0 unspecified atom stereocenters. The maximum Gasteiger partial charge on any atom is 0.433 e. The van der Waals surface area contributed by atoms with Crippen molar-refractivity contribution in [2.24, 2.45) is 0 Å². The molecule has 29 heavy (non-hydrogen) atoms. The number of alkyl carbamates (subject to hydrolysis) is 1. The molecule has 0 radical (unpaired) electrons. The van der Waals surface area contributed by atoms with Gasteiger partial charge in [0.25, 0.3) is 0 Å². The van der Waals surface area contributed by atoms with Gasteiger partial charge in [0, 0.05) is 24.0 Å². The van der Waals surface area contributed by atoms with Gasteiger partial charge >= 0.3 is 12.3 Å². The Morgan fingerprint density at radius 2 is 2.03 bits per heavy atom. The minimum absolute atomic E-state index is 0.318. The van der Waals surface area contributed by atoms with Crippen LogP contribution in [0.4, 0.5) is 18.0 Å². The molecular weight excluding hydrogens is 427 g/mol. The second-order valence-electron chi connectivity index (χ2n) is 7.50. The number of thiazole rings is 1. The molecule has 0 aliphatic heterocycles. The Balaban J connectivity index is 2.07. The highest BCUT2D eigenvalue weighted by molar-refractivity contribution is 7.09. The number of hydrogen-bond acceptors (Lipinski definition) is 5. The first-order valence-corrected chi connectivity index (χ1v) is 10.4. The highest BCUT2D eigenvalue weighted by atomic mass is 35.5. The van der Waals surface area contributed by atoms with E-state index in [1.807, 2.05) is 5.38 Å². The fourth-order valence-corrected chi connectivity index (χ4v) is 3.56. The smallest absolute Gasteiger partial charge is 0.433 e. The summed E-state index contributed by atoms with van der Waals surface area (Å²) in [7, 11) is 0. The second kappa shape index (κ2) is 9.75. The van der Waals surface area contributed by atoms with Crippen LogP contribution in [-0.2, 0) is 29.6 Å². The van der Waals surface area contributed by atoms with Gasteiger partial charge in [-0.25, -0.2) is 9.78 Å². The minimum atomic E-state index is -4.49. The predicted octanol–water partition coefficient (Wildman–Crippen LogP) is 5.36. The summed E-state index contributed by atoms with van der Waals surface area (Å²) >= 11 is 7.25. The van der Waals surface area contributed by atoms with Crippen LogP contribution in [0.25, 0.3) is 0 Å². The topological polar surface area (TPSA) is 64.1 Å². The zero-order valence-electron chi connectivity index (χ0n) is 16.3. The van der Waals surface area contributed by atoms with Crippen molar-refractivity contribution in [3.63, 3.8) is 0 Å². The number of nitrogens with one attached hydrogen (secondary N) is 1. The van der Waals surface area contributed by atoms with Crippen LogP contribution in [0.5, 0.6) is 0 Å². The van der Waals surface area contributed by atoms with E-state index in [2.05, 4.69) is 15.3 Å². The molecule has 5 nitrogen and oxygen atoms in total. The molecule has 0 saturated heterocycles. The maximum absolute atomic E-state index is 12.7. The van der Waals surface area contributed by atoms with Crippen molar-refractivity contribution < 1.29 is 22.7 Å². The van der Waals surface area contributed by atoms with Crippen LogP contribution in [0.15, 0.2) is 23.7 Å². The van der Waals surface area contributed by atoms with Gasteiger partial charge in [0.1, 0.15) is 11.3 Å². The molecule has 0 spiro atoms. The lowest BCUT2D eigenvalue weighted by molar-refractivity contribution is -0.141. The molecule has 0 fully saturated rings.